The number of halogens is 2. The average Bonchev–Trinajstić information content (AvgIpc) is 3.54. The summed E-state index contributed by atoms with van der Waals surface area (Å²) in [4.78, 5) is 0. The van der Waals surface area contributed by atoms with Gasteiger partial charge < -0.3 is 24.1 Å². The molecule has 0 atom stereocenters. The Hall–Kier alpha value is -3.00. The predicted octanol–water partition coefficient (Wildman–Crippen LogP) is 18.1. The van der Waals surface area contributed by atoms with Crippen molar-refractivity contribution in [2.45, 2.75) is 187 Å². The zero-order chi connectivity index (χ0) is 45.4. The molecule has 1 aliphatic carbocycles. The van der Waals surface area contributed by atoms with Crippen LogP contribution in [0.1, 0.15) is 198 Å². The molecule has 4 aromatic carbocycles. The van der Waals surface area contributed by atoms with Gasteiger partial charge in [0.05, 0.1) is 26.4 Å². The maximum absolute atomic E-state index is 13.7. The molecule has 0 aromatic heterocycles. The van der Waals surface area contributed by atoms with Crippen LogP contribution in [0.4, 0.5) is 0 Å². The van der Waals surface area contributed by atoms with Crippen molar-refractivity contribution < 1.29 is 24.1 Å². The summed E-state index contributed by atoms with van der Waals surface area (Å²) in [6, 6.07) is 23.0. The first-order valence-electron chi connectivity index (χ1n) is 25.5. The third-order valence-corrected chi connectivity index (χ3v) is 13.8. The summed E-state index contributed by atoms with van der Waals surface area (Å²) in [6.45, 7) is 11.5. The minimum atomic E-state index is -1.50. The molecule has 1 aliphatic rings. The first-order valence-corrected chi connectivity index (χ1v) is 27.1. The monoisotopic (exact) mass is 1000 g/mol. The largest absolute Gasteiger partial charge is 0.490 e. The van der Waals surface area contributed by atoms with E-state index in [1.54, 1.807) is 0 Å². The molecule has 4 aromatic rings. The lowest BCUT2D eigenvalue weighted by molar-refractivity contribution is 0.130. The molecule has 0 fully saturated rings. The first kappa shape index (κ1) is 52.0. The van der Waals surface area contributed by atoms with Crippen LogP contribution in [0.15, 0.2) is 75.7 Å². The zero-order valence-corrected chi connectivity index (χ0v) is 43.2. The summed E-state index contributed by atoms with van der Waals surface area (Å²) in [5, 5.41) is 13.7. The van der Waals surface area contributed by atoms with Crippen molar-refractivity contribution in [3.63, 3.8) is 0 Å². The molecular weight excluding hydrogens is 924 g/mol. The highest BCUT2D eigenvalue weighted by Crippen LogP contribution is 2.56. The number of hydrogen-bond acceptors (Lipinski definition) is 5. The smallest absolute Gasteiger partial charge is 0.161 e. The molecule has 5 nitrogen and oxygen atoms in total. The number of benzene rings is 4. The highest BCUT2D eigenvalue weighted by atomic mass is 79.9. The molecule has 0 spiro atoms. The normalized spacial score (nSPS) is 12.6. The topological polar surface area (TPSA) is 57.2 Å². The minimum absolute atomic E-state index is 0.585. The van der Waals surface area contributed by atoms with Crippen molar-refractivity contribution in [3.8, 4) is 45.3 Å². The van der Waals surface area contributed by atoms with Gasteiger partial charge in [-0.3, -0.25) is 0 Å². The average molecular weight is 1010 g/mol. The van der Waals surface area contributed by atoms with Crippen LogP contribution in [0.5, 0.6) is 23.0 Å². The predicted molar refractivity (Wildman–Crippen MR) is 277 cm³/mol. The Bertz CT molecular complexity index is 1910. The third-order valence-electron chi connectivity index (χ3n) is 12.8. The maximum atomic E-state index is 13.7. The fourth-order valence-corrected chi connectivity index (χ4v) is 9.75. The van der Waals surface area contributed by atoms with E-state index in [0.717, 1.165) is 111 Å². The zero-order valence-electron chi connectivity index (χ0n) is 40.0. The molecule has 0 bridgehead atoms. The molecule has 0 amide bonds. The van der Waals surface area contributed by atoms with Crippen LogP contribution in [-0.4, -0.2) is 31.5 Å². The van der Waals surface area contributed by atoms with Gasteiger partial charge in [0.15, 0.2) is 23.0 Å². The van der Waals surface area contributed by atoms with E-state index in [2.05, 4.69) is 126 Å². The molecule has 0 heterocycles. The highest BCUT2D eigenvalue weighted by Gasteiger charge is 2.45. The molecule has 7 heteroatoms. The van der Waals surface area contributed by atoms with E-state index >= 15 is 0 Å². The Morgan fingerprint density at radius 3 is 1.12 bits per heavy atom. The lowest BCUT2D eigenvalue weighted by Crippen LogP contribution is -2.27. The number of fused-ring (bicyclic) bond motifs is 3. The molecule has 0 radical (unpaired) electrons. The van der Waals surface area contributed by atoms with Gasteiger partial charge in [-0.15, -0.1) is 0 Å². The van der Waals surface area contributed by atoms with Crippen molar-refractivity contribution in [1.82, 2.24) is 0 Å². The van der Waals surface area contributed by atoms with E-state index in [1.165, 1.54) is 103 Å². The van der Waals surface area contributed by atoms with Gasteiger partial charge in [0, 0.05) is 25.6 Å². The van der Waals surface area contributed by atoms with E-state index < -0.39 is 5.60 Å². The summed E-state index contributed by atoms with van der Waals surface area (Å²) in [5.74, 6) is 2.89. The number of rotatable bonds is 34. The number of aliphatic hydroxyl groups is 1. The second-order valence-electron chi connectivity index (χ2n) is 18.1. The highest BCUT2D eigenvalue weighted by molar-refractivity contribution is 9.10. The van der Waals surface area contributed by atoms with Crippen LogP contribution >= 0.6 is 31.9 Å². The second kappa shape index (κ2) is 28.9. The maximum Gasteiger partial charge on any atom is 0.161 e. The van der Waals surface area contributed by atoms with Gasteiger partial charge in [-0.1, -0.05) is 206 Å². The number of ether oxygens (including phenoxy) is 4. The van der Waals surface area contributed by atoms with E-state index in [0.29, 0.717) is 37.9 Å². The lowest BCUT2D eigenvalue weighted by atomic mass is 9.80. The van der Waals surface area contributed by atoms with Crippen LogP contribution in [0.3, 0.4) is 0 Å². The second-order valence-corrected chi connectivity index (χ2v) is 19.9. The van der Waals surface area contributed by atoms with Crippen LogP contribution in [-0.2, 0) is 5.60 Å². The van der Waals surface area contributed by atoms with Gasteiger partial charge in [0.2, 0.25) is 0 Å². The quantitative estimate of drug-likeness (QED) is 0.0473. The third kappa shape index (κ3) is 15.3. The molecule has 0 unspecified atom stereocenters. The van der Waals surface area contributed by atoms with Crippen LogP contribution < -0.4 is 18.9 Å². The Morgan fingerprint density at radius 2 is 0.703 bits per heavy atom. The van der Waals surface area contributed by atoms with Crippen LogP contribution in [0.25, 0.3) is 22.3 Å². The fourth-order valence-electron chi connectivity index (χ4n) is 9.03. The van der Waals surface area contributed by atoms with Gasteiger partial charge in [-0.2, -0.15) is 0 Å². The molecular formula is C57H80Br2O5. The first-order chi connectivity index (χ1) is 31.3. The molecule has 0 aliphatic heterocycles. The van der Waals surface area contributed by atoms with Gasteiger partial charge >= 0.3 is 0 Å². The van der Waals surface area contributed by atoms with E-state index in [-0.39, 0.29) is 0 Å². The van der Waals surface area contributed by atoms with E-state index in [1.807, 2.05) is 0 Å². The standard InChI is InChI=1S/C57H80Br2O5/c1-5-9-13-17-21-25-35-61-53-34-29-44(39-54(53)62-36-26-22-18-14-10-6-2)49-42-55(63-37-27-23-19-15-11-7-3)56(64-38-28-24-20-16-12-8-4)43-52(49)57(60)50-40-45(58)30-32-47(50)48-33-31-46(59)41-51(48)57/h29-34,39-43,60H,5-28,35-38H2,1-4H3. The van der Waals surface area contributed by atoms with Crippen molar-refractivity contribution in [2.24, 2.45) is 0 Å². The Labute approximate surface area is 405 Å². The lowest BCUT2D eigenvalue weighted by Gasteiger charge is -2.31. The Kier molecular flexibility index (Phi) is 23.5. The molecule has 1 N–H and O–H groups in total. The summed E-state index contributed by atoms with van der Waals surface area (Å²) in [6.07, 6.45) is 28.6. The van der Waals surface area contributed by atoms with Crippen molar-refractivity contribution in [3.05, 3.63) is 92.4 Å². The number of unbranched alkanes of at least 4 members (excludes halogenated alkanes) is 20. The molecule has 64 heavy (non-hydrogen) atoms. The summed E-state index contributed by atoms with van der Waals surface area (Å²) >= 11 is 7.54. The molecule has 352 valence electrons. The Balaban J connectivity index is 1.59. The van der Waals surface area contributed by atoms with Crippen molar-refractivity contribution in [2.75, 3.05) is 26.4 Å². The van der Waals surface area contributed by atoms with E-state index in [9.17, 15) is 5.11 Å². The Morgan fingerprint density at radius 1 is 0.359 bits per heavy atom. The fraction of sp³-hybridized carbons (Fsp3) is 0.579. The van der Waals surface area contributed by atoms with Gasteiger partial charge in [0.25, 0.3) is 0 Å². The summed E-state index contributed by atoms with van der Waals surface area (Å²) in [5.41, 5.74) is 4.73. The summed E-state index contributed by atoms with van der Waals surface area (Å²) < 4.78 is 28.5. The number of hydrogen-bond donors (Lipinski definition) is 1. The minimum Gasteiger partial charge on any atom is -0.490 e. The van der Waals surface area contributed by atoms with Crippen molar-refractivity contribution in [1.29, 1.82) is 0 Å². The van der Waals surface area contributed by atoms with Gasteiger partial charge in [0.1, 0.15) is 5.60 Å². The SMILES string of the molecule is CCCCCCCCOc1ccc(-c2cc(OCCCCCCCC)c(OCCCCCCCC)cc2C2(O)c3cc(Br)ccc3-c3ccc(Br)cc32)cc1OCCCCCCCC. The summed E-state index contributed by atoms with van der Waals surface area (Å²) in [7, 11) is 0. The van der Waals surface area contributed by atoms with E-state index in [4.69, 9.17) is 18.9 Å². The van der Waals surface area contributed by atoms with Gasteiger partial charge in [-0.05, 0) is 96.5 Å². The molecule has 0 saturated carbocycles. The molecule has 0 saturated heterocycles. The molecule has 5 rings (SSSR count). The van der Waals surface area contributed by atoms with Crippen molar-refractivity contribution >= 4 is 31.9 Å². The van der Waals surface area contributed by atoms with Crippen LogP contribution in [0, 0.1) is 0 Å². The van der Waals surface area contributed by atoms with Crippen LogP contribution in [0.2, 0.25) is 0 Å². The van der Waals surface area contributed by atoms with Gasteiger partial charge in [-0.25, -0.2) is 0 Å².